The summed E-state index contributed by atoms with van der Waals surface area (Å²) in [5.74, 6) is 0.0855. The van der Waals surface area contributed by atoms with Gasteiger partial charge in [-0.05, 0) is 43.7 Å². The molecule has 0 aliphatic heterocycles. The summed E-state index contributed by atoms with van der Waals surface area (Å²) < 4.78 is 6.78. The van der Waals surface area contributed by atoms with Crippen LogP contribution in [0.4, 0.5) is 5.82 Å². The quantitative estimate of drug-likeness (QED) is 0.536. The first-order chi connectivity index (χ1) is 14.8. The number of nitrogens with one attached hydrogen (secondary N) is 2. The van der Waals surface area contributed by atoms with Gasteiger partial charge in [0.05, 0.1) is 15.7 Å². The third-order valence-electron chi connectivity index (χ3n) is 5.25. The van der Waals surface area contributed by atoms with Crippen LogP contribution < -0.4 is 27.3 Å². The maximum absolute atomic E-state index is 12.4. The summed E-state index contributed by atoms with van der Waals surface area (Å²) in [4.78, 5) is 37.9. The molecule has 0 bridgehead atoms. The molecule has 2 heterocycles. The smallest absolute Gasteiger partial charge is 0.349 e. The van der Waals surface area contributed by atoms with Gasteiger partial charge >= 0.3 is 5.69 Å². The maximum atomic E-state index is 12.4. The minimum atomic E-state index is -0.804. The van der Waals surface area contributed by atoms with Crippen LogP contribution in [0, 0.1) is 0 Å². The number of aromatic nitrogens is 5. The number of rotatable bonds is 4. The number of ether oxygens (including phenoxy) is 1. The predicted octanol–water partition coefficient (Wildman–Crippen LogP) is 2.52. The number of nitrogen functional groups attached to an aromatic ring is 1. The van der Waals surface area contributed by atoms with Crippen molar-refractivity contribution in [2.24, 2.45) is 0 Å². The number of anilines is 1. The van der Waals surface area contributed by atoms with Crippen LogP contribution in [0.3, 0.4) is 0 Å². The van der Waals surface area contributed by atoms with Crippen LogP contribution >= 0.6 is 23.2 Å². The van der Waals surface area contributed by atoms with Crippen LogP contribution in [0.15, 0.2) is 26.5 Å². The van der Waals surface area contributed by atoms with Crippen molar-refractivity contribution in [3.05, 3.63) is 64.5 Å². The van der Waals surface area contributed by atoms with Gasteiger partial charge in [0.1, 0.15) is 0 Å². The molecule has 12 heteroatoms. The molecule has 1 atom stereocenters. The van der Waals surface area contributed by atoms with Gasteiger partial charge < -0.3 is 10.5 Å². The Bertz CT molecular complexity index is 1320. The minimum absolute atomic E-state index is 0.0746. The number of hydrogen-bond donors (Lipinski definition) is 3. The van der Waals surface area contributed by atoms with Gasteiger partial charge in [0, 0.05) is 11.1 Å². The van der Waals surface area contributed by atoms with Crippen molar-refractivity contribution in [1.82, 2.24) is 25.0 Å². The highest BCUT2D eigenvalue weighted by molar-refractivity contribution is 6.37. The van der Waals surface area contributed by atoms with Crippen molar-refractivity contribution in [2.75, 3.05) is 5.73 Å². The molecule has 10 nitrogen and oxygen atoms in total. The van der Waals surface area contributed by atoms with Crippen molar-refractivity contribution in [1.29, 1.82) is 0 Å². The summed E-state index contributed by atoms with van der Waals surface area (Å²) in [5.41, 5.74) is 5.28. The maximum Gasteiger partial charge on any atom is 0.349 e. The average Bonchev–Trinajstić information content (AvgIpc) is 2.74. The Balaban J connectivity index is 1.77. The van der Waals surface area contributed by atoms with Crippen LogP contribution in [-0.2, 0) is 6.42 Å². The van der Waals surface area contributed by atoms with Gasteiger partial charge in [-0.25, -0.2) is 9.89 Å². The minimum Gasteiger partial charge on any atom is -0.434 e. The topological polar surface area (TPSA) is 149 Å². The molecule has 0 saturated heterocycles. The molecule has 1 unspecified atom stereocenters. The molecule has 3 aromatic rings. The monoisotopic (exact) mass is 464 g/mol. The first kappa shape index (κ1) is 21.1. The van der Waals surface area contributed by atoms with Gasteiger partial charge in [-0.15, -0.1) is 10.2 Å². The molecule has 0 spiro atoms. The fourth-order valence-electron chi connectivity index (χ4n) is 3.77. The van der Waals surface area contributed by atoms with Crippen LogP contribution in [0.2, 0.25) is 10.0 Å². The van der Waals surface area contributed by atoms with E-state index in [1.165, 1.54) is 12.1 Å². The van der Waals surface area contributed by atoms with Gasteiger partial charge in [-0.3, -0.25) is 14.6 Å². The lowest BCUT2D eigenvalue weighted by atomic mass is 9.83. The molecule has 0 radical (unpaired) electrons. The Morgan fingerprint density at radius 1 is 1.23 bits per heavy atom. The third kappa shape index (κ3) is 3.84. The normalized spacial score (nSPS) is 15.5. The van der Waals surface area contributed by atoms with Crippen molar-refractivity contribution in [3.8, 4) is 17.3 Å². The summed E-state index contributed by atoms with van der Waals surface area (Å²) in [6.07, 6.45) is 3.33. The third-order valence-corrected chi connectivity index (χ3v) is 5.81. The molecule has 0 fully saturated rings. The highest BCUT2D eigenvalue weighted by Crippen LogP contribution is 2.41. The van der Waals surface area contributed by atoms with Crippen LogP contribution in [-0.4, -0.2) is 25.0 Å². The fourth-order valence-corrected chi connectivity index (χ4v) is 4.32. The number of hydrogen-bond acceptors (Lipinski definition) is 7. The molecular weight excluding hydrogens is 447 g/mol. The van der Waals surface area contributed by atoms with E-state index in [1.807, 2.05) is 6.92 Å². The average molecular weight is 465 g/mol. The van der Waals surface area contributed by atoms with Crippen molar-refractivity contribution >= 4 is 29.0 Å². The molecule has 1 aliphatic rings. The SMILES string of the molecule is CCC1CCCc2c(Oc3c(Cl)cc(-n4nc(N)c(=O)[nH]c4=O)cc3Cl)n[nH]c(=O)c21. The van der Waals surface area contributed by atoms with E-state index in [0.29, 0.717) is 12.0 Å². The van der Waals surface area contributed by atoms with E-state index in [4.69, 9.17) is 33.7 Å². The molecule has 0 saturated carbocycles. The second-order valence-corrected chi connectivity index (χ2v) is 7.96. The number of benzene rings is 1. The van der Waals surface area contributed by atoms with Gasteiger partial charge in [0.15, 0.2) is 5.75 Å². The van der Waals surface area contributed by atoms with E-state index in [2.05, 4.69) is 20.3 Å². The second-order valence-electron chi connectivity index (χ2n) is 7.14. The zero-order valence-electron chi connectivity index (χ0n) is 16.4. The Morgan fingerprint density at radius 2 is 1.94 bits per heavy atom. The summed E-state index contributed by atoms with van der Waals surface area (Å²) in [6.45, 7) is 2.03. The molecular formula is C19H18Cl2N6O4. The molecule has 31 heavy (non-hydrogen) atoms. The van der Waals surface area contributed by atoms with E-state index < -0.39 is 11.2 Å². The van der Waals surface area contributed by atoms with Crippen LogP contribution in [0.25, 0.3) is 5.69 Å². The number of nitrogens with zero attached hydrogens (tertiary/aromatic N) is 3. The largest absolute Gasteiger partial charge is 0.434 e. The molecule has 1 aliphatic carbocycles. The van der Waals surface area contributed by atoms with Crippen LogP contribution in [0.1, 0.15) is 43.2 Å². The number of fused-ring (bicyclic) bond motifs is 1. The summed E-state index contributed by atoms with van der Waals surface area (Å²) >= 11 is 12.7. The first-order valence-corrected chi connectivity index (χ1v) is 10.3. The van der Waals surface area contributed by atoms with Crippen molar-refractivity contribution < 1.29 is 4.74 Å². The van der Waals surface area contributed by atoms with E-state index >= 15 is 0 Å². The summed E-state index contributed by atoms with van der Waals surface area (Å²) in [6, 6.07) is 2.78. The zero-order chi connectivity index (χ0) is 22.3. The van der Waals surface area contributed by atoms with Crippen molar-refractivity contribution in [3.63, 3.8) is 0 Å². The van der Waals surface area contributed by atoms with E-state index in [-0.39, 0.29) is 44.7 Å². The summed E-state index contributed by atoms with van der Waals surface area (Å²) in [7, 11) is 0. The number of aromatic amines is 2. The Morgan fingerprint density at radius 3 is 2.61 bits per heavy atom. The van der Waals surface area contributed by atoms with E-state index in [1.54, 1.807) is 0 Å². The van der Waals surface area contributed by atoms with E-state index in [0.717, 1.165) is 29.5 Å². The van der Waals surface area contributed by atoms with Gasteiger partial charge in [0.2, 0.25) is 11.7 Å². The molecule has 2 aromatic heterocycles. The lowest BCUT2D eigenvalue weighted by Gasteiger charge is -2.24. The summed E-state index contributed by atoms with van der Waals surface area (Å²) in [5, 5.41) is 10.4. The predicted molar refractivity (Wildman–Crippen MR) is 116 cm³/mol. The second kappa shape index (κ2) is 8.20. The molecule has 0 amide bonds. The number of H-pyrrole nitrogens is 2. The highest BCUT2D eigenvalue weighted by atomic mass is 35.5. The molecule has 1 aromatic carbocycles. The lowest BCUT2D eigenvalue weighted by molar-refractivity contribution is 0.430. The number of nitrogens with two attached hydrogens (primary N) is 1. The fraction of sp³-hybridized carbons (Fsp3) is 0.316. The lowest BCUT2D eigenvalue weighted by Crippen LogP contribution is -2.33. The molecule has 162 valence electrons. The standard InChI is InChI=1S/C19H18Cl2N6O4/c1-2-8-4-3-5-10-13(8)16(28)24-25-18(10)31-14-11(20)6-9(7-12(14)21)27-19(30)23-17(29)15(22)26-27/h6-8H,2-5H2,1H3,(H2,22,26)(H,24,28)(H,23,29,30). The van der Waals surface area contributed by atoms with Crippen LogP contribution in [0.5, 0.6) is 11.6 Å². The Labute approximate surface area is 185 Å². The Kier molecular flexibility index (Phi) is 5.59. The molecule has 4 N–H and O–H groups in total. The highest BCUT2D eigenvalue weighted by Gasteiger charge is 2.27. The van der Waals surface area contributed by atoms with Gasteiger partial charge in [0.25, 0.3) is 11.1 Å². The first-order valence-electron chi connectivity index (χ1n) is 9.58. The van der Waals surface area contributed by atoms with E-state index in [9.17, 15) is 14.4 Å². The zero-order valence-corrected chi connectivity index (χ0v) is 17.9. The number of halogens is 2. The van der Waals surface area contributed by atoms with Crippen molar-refractivity contribution in [2.45, 2.75) is 38.5 Å². The Hall–Kier alpha value is -3.11. The van der Waals surface area contributed by atoms with Gasteiger partial charge in [-0.1, -0.05) is 30.1 Å². The molecule has 4 rings (SSSR count). The van der Waals surface area contributed by atoms with Gasteiger partial charge in [-0.2, -0.15) is 4.68 Å².